The van der Waals surface area contributed by atoms with Crippen LogP contribution < -0.4 is 0 Å². The number of carbonyl (C=O) groups is 3. The van der Waals surface area contributed by atoms with Crippen LogP contribution in [-0.4, -0.2) is 37.2 Å². The van der Waals surface area contributed by atoms with Crippen LogP contribution in [0.3, 0.4) is 0 Å². The molecule has 0 saturated carbocycles. The van der Waals surface area contributed by atoms with E-state index >= 15 is 0 Å². The van der Waals surface area contributed by atoms with Crippen molar-refractivity contribution in [3.63, 3.8) is 0 Å². The maximum Gasteiger partial charge on any atom is 0.306 e. The molecule has 0 fully saturated rings. The van der Waals surface area contributed by atoms with Crippen molar-refractivity contribution in [2.45, 2.75) is 284 Å². The number of hydrogen-bond donors (Lipinski definition) is 0. The topological polar surface area (TPSA) is 78.9 Å². The molecule has 0 saturated heterocycles. The molecule has 0 heterocycles. The second-order valence-corrected chi connectivity index (χ2v) is 18.5. The Morgan fingerprint density at radius 3 is 0.938 bits per heavy atom. The van der Waals surface area contributed by atoms with Crippen LogP contribution in [0.2, 0.25) is 0 Å². The van der Waals surface area contributed by atoms with Crippen LogP contribution in [0.4, 0.5) is 0 Å². The summed E-state index contributed by atoms with van der Waals surface area (Å²) >= 11 is 0. The van der Waals surface area contributed by atoms with E-state index in [4.69, 9.17) is 14.2 Å². The third-order valence-electron chi connectivity index (χ3n) is 12.0. The molecule has 0 rings (SSSR count). The van der Waals surface area contributed by atoms with E-state index < -0.39 is 6.10 Å². The number of allylic oxidation sites excluding steroid dienone is 10. The molecular weight excluding hydrogens is 805 g/mol. The molecular formula is C59H104O6. The largest absolute Gasteiger partial charge is 0.462 e. The van der Waals surface area contributed by atoms with Crippen LogP contribution in [0.1, 0.15) is 278 Å². The Labute approximate surface area is 402 Å². The number of hydrogen-bond acceptors (Lipinski definition) is 6. The predicted octanol–water partition coefficient (Wildman–Crippen LogP) is 18.4. The zero-order valence-electron chi connectivity index (χ0n) is 43.0. The molecule has 376 valence electrons. The van der Waals surface area contributed by atoms with E-state index in [0.29, 0.717) is 19.3 Å². The van der Waals surface area contributed by atoms with Crippen LogP contribution in [0.5, 0.6) is 0 Å². The number of rotatable bonds is 50. The van der Waals surface area contributed by atoms with Gasteiger partial charge in [0.1, 0.15) is 13.2 Å². The third-order valence-corrected chi connectivity index (χ3v) is 12.0. The van der Waals surface area contributed by atoms with Crippen molar-refractivity contribution in [2.75, 3.05) is 13.2 Å². The highest BCUT2D eigenvalue weighted by molar-refractivity contribution is 5.71. The maximum absolute atomic E-state index is 12.8. The average molecular weight is 909 g/mol. The molecule has 0 aliphatic rings. The first-order valence-electron chi connectivity index (χ1n) is 27.8. The summed E-state index contributed by atoms with van der Waals surface area (Å²) in [6.45, 7) is 6.50. The summed E-state index contributed by atoms with van der Waals surface area (Å²) in [6.07, 6.45) is 66.4. The van der Waals surface area contributed by atoms with E-state index in [0.717, 1.165) is 77.0 Å². The average Bonchev–Trinajstić information content (AvgIpc) is 3.30. The van der Waals surface area contributed by atoms with Crippen molar-refractivity contribution in [1.82, 2.24) is 0 Å². The van der Waals surface area contributed by atoms with Gasteiger partial charge in [0.05, 0.1) is 0 Å². The fourth-order valence-electron chi connectivity index (χ4n) is 7.89. The van der Waals surface area contributed by atoms with Gasteiger partial charge < -0.3 is 14.2 Å². The molecule has 6 heteroatoms. The van der Waals surface area contributed by atoms with E-state index in [2.05, 4.69) is 81.5 Å². The van der Waals surface area contributed by atoms with Crippen molar-refractivity contribution in [3.05, 3.63) is 60.8 Å². The molecule has 0 aromatic heterocycles. The molecule has 0 aliphatic carbocycles. The molecule has 6 nitrogen and oxygen atoms in total. The van der Waals surface area contributed by atoms with Gasteiger partial charge in [-0.2, -0.15) is 0 Å². The Hall–Kier alpha value is -2.89. The Balaban J connectivity index is 4.43. The zero-order chi connectivity index (χ0) is 47.2. The molecule has 0 N–H and O–H groups in total. The van der Waals surface area contributed by atoms with Gasteiger partial charge >= 0.3 is 17.9 Å². The Morgan fingerprint density at radius 2 is 0.600 bits per heavy atom. The first kappa shape index (κ1) is 62.1. The molecule has 0 aliphatic heterocycles. The fraction of sp³-hybridized carbons (Fsp3) is 0.780. The summed E-state index contributed by atoms with van der Waals surface area (Å²) < 4.78 is 16.8. The van der Waals surface area contributed by atoms with Crippen LogP contribution in [-0.2, 0) is 28.6 Å². The molecule has 0 aromatic carbocycles. The van der Waals surface area contributed by atoms with Crippen molar-refractivity contribution in [3.8, 4) is 0 Å². The van der Waals surface area contributed by atoms with Crippen LogP contribution in [0.25, 0.3) is 0 Å². The Morgan fingerprint density at radius 1 is 0.323 bits per heavy atom. The quantitative estimate of drug-likeness (QED) is 0.0262. The van der Waals surface area contributed by atoms with Crippen molar-refractivity contribution < 1.29 is 28.6 Å². The maximum atomic E-state index is 12.8. The van der Waals surface area contributed by atoms with Gasteiger partial charge in [0, 0.05) is 19.3 Å². The molecule has 65 heavy (non-hydrogen) atoms. The monoisotopic (exact) mass is 909 g/mol. The summed E-state index contributed by atoms with van der Waals surface area (Å²) in [5, 5.41) is 0. The van der Waals surface area contributed by atoms with Gasteiger partial charge in [-0.3, -0.25) is 14.4 Å². The Bertz CT molecular complexity index is 1180. The highest BCUT2D eigenvalue weighted by Gasteiger charge is 2.19. The van der Waals surface area contributed by atoms with Gasteiger partial charge in [-0.15, -0.1) is 0 Å². The standard InChI is InChI=1S/C59H104O6/c1-4-7-10-13-16-19-22-25-27-29-31-34-37-40-43-46-49-52-58(61)64-55-56(54-63-57(60)51-48-45-42-39-36-33-24-21-18-15-12-9-6-3)65-59(62)53-50-47-44-41-38-35-32-30-28-26-23-20-17-14-11-8-5-2/h7,10,16,19,25,27,31,34,40,43,56H,4-6,8-9,11-15,17-18,20-24,26,28-30,32-33,35-39,41-42,44-55H2,1-3H3/b10-7-,19-16-,27-25-,34-31-,43-40-/t56-/m1/s1. The van der Waals surface area contributed by atoms with Gasteiger partial charge in [-0.1, -0.05) is 261 Å². The molecule has 0 bridgehead atoms. The summed E-state index contributed by atoms with van der Waals surface area (Å²) in [6, 6.07) is 0. The minimum Gasteiger partial charge on any atom is -0.462 e. The first-order valence-corrected chi connectivity index (χ1v) is 27.8. The van der Waals surface area contributed by atoms with Gasteiger partial charge in [0.2, 0.25) is 0 Å². The lowest BCUT2D eigenvalue weighted by Gasteiger charge is -2.18. The number of ether oxygens (including phenoxy) is 3. The third kappa shape index (κ3) is 51.9. The Kier molecular flexibility index (Phi) is 51.3. The SMILES string of the molecule is CC/C=C\C/C=C\C/C=C\C/C=C\C/C=C\CCCC(=O)OC[C@@H](COC(=O)CCCCCCCCCCCCCCC)OC(=O)CCCCCCCCCCCCCCCCCCC. The summed E-state index contributed by atoms with van der Waals surface area (Å²) in [5.74, 6) is -0.937. The molecule has 0 radical (unpaired) electrons. The lowest BCUT2D eigenvalue weighted by atomic mass is 10.0. The molecule has 0 unspecified atom stereocenters. The van der Waals surface area contributed by atoms with Gasteiger partial charge in [0.25, 0.3) is 0 Å². The predicted molar refractivity (Wildman–Crippen MR) is 279 cm³/mol. The molecule has 1 atom stereocenters. The van der Waals surface area contributed by atoms with Gasteiger partial charge in [0.15, 0.2) is 6.10 Å². The minimum absolute atomic E-state index is 0.0879. The molecule has 0 amide bonds. The second-order valence-electron chi connectivity index (χ2n) is 18.5. The second kappa shape index (κ2) is 53.7. The minimum atomic E-state index is -0.793. The van der Waals surface area contributed by atoms with Gasteiger partial charge in [-0.25, -0.2) is 0 Å². The van der Waals surface area contributed by atoms with Crippen LogP contribution >= 0.6 is 0 Å². The molecule has 0 aromatic rings. The number of unbranched alkanes of at least 4 members (excludes halogenated alkanes) is 29. The highest BCUT2D eigenvalue weighted by atomic mass is 16.6. The van der Waals surface area contributed by atoms with Crippen molar-refractivity contribution in [1.29, 1.82) is 0 Å². The summed E-state index contributed by atoms with van der Waals surface area (Å²) in [7, 11) is 0. The zero-order valence-corrected chi connectivity index (χ0v) is 43.0. The number of esters is 3. The van der Waals surface area contributed by atoms with E-state index in [-0.39, 0.29) is 37.5 Å². The lowest BCUT2D eigenvalue weighted by Crippen LogP contribution is -2.30. The van der Waals surface area contributed by atoms with Crippen LogP contribution in [0.15, 0.2) is 60.8 Å². The molecule has 0 spiro atoms. The van der Waals surface area contributed by atoms with Gasteiger partial charge in [-0.05, 0) is 57.8 Å². The fourth-order valence-corrected chi connectivity index (χ4v) is 7.89. The van der Waals surface area contributed by atoms with E-state index in [9.17, 15) is 14.4 Å². The van der Waals surface area contributed by atoms with E-state index in [1.165, 1.54) is 154 Å². The first-order chi connectivity index (χ1) is 32.0. The normalized spacial score (nSPS) is 12.5. The van der Waals surface area contributed by atoms with Crippen molar-refractivity contribution in [2.24, 2.45) is 0 Å². The number of carbonyl (C=O) groups excluding carboxylic acids is 3. The highest BCUT2D eigenvalue weighted by Crippen LogP contribution is 2.16. The van der Waals surface area contributed by atoms with E-state index in [1.54, 1.807) is 0 Å². The smallest absolute Gasteiger partial charge is 0.306 e. The van der Waals surface area contributed by atoms with Crippen LogP contribution in [0, 0.1) is 0 Å². The summed E-state index contributed by atoms with van der Waals surface area (Å²) in [4.78, 5) is 38.1. The lowest BCUT2D eigenvalue weighted by molar-refractivity contribution is -0.167. The van der Waals surface area contributed by atoms with E-state index in [1.807, 2.05) is 0 Å². The van der Waals surface area contributed by atoms with Crippen molar-refractivity contribution >= 4 is 17.9 Å². The summed E-state index contributed by atoms with van der Waals surface area (Å²) in [5.41, 5.74) is 0.